The van der Waals surface area contributed by atoms with Gasteiger partial charge in [-0.1, -0.05) is 0 Å². The van der Waals surface area contributed by atoms with Gasteiger partial charge in [-0.3, -0.25) is 0 Å². The van der Waals surface area contributed by atoms with Gasteiger partial charge in [0.2, 0.25) is 0 Å². The lowest BCUT2D eigenvalue weighted by molar-refractivity contribution is 1.27. The summed E-state index contributed by atoms with van der Waals surface area (Å²) in [5.74, 6) is 0. The van der Waals surface area contributed by atoms with Crippen molar-refractivity contribution in [1.29, 1.82) is 5.39 Å². The van der Waals surface area contributed by atoms with Gasteiger partial charge in [-0.05, 0) is 0 Å². The minimum atomic E-state index is 1.81. The quantitative estimate of drug-likeness (QED) is 0.245. The van der Waals surface area contributed by atoms with Crippen molar-refractivity contribution in [2.75, 3.05) is 0 Å². The molecule has 0 aliphatic carbocycles. The van der Waals surface area contributed by atoms with Crippen LogP contribution in [-0.4, -0.2) is 0 Å². The van der Waals surface area contributed by atoms with E-state index in [-0.39, 0.29) is 0 Å². The van der Waals surface area contributed by atoms with E-state index >= 15 is 0 Å². The molecule has 4 heteroatoms. The average molecular weight is 76.1 g/mol. The van der Waals surface area contributed by atoms with Crippen molar-refractivity contribution in [1.82, 2.24) is 4.83 Å². The SMILES string of the molecule is N#[N+]NS. The number of hydrogen-bond donors (Lipinski definition) is 2. The summed E-state index contributed by atoms with van der Waals surface area (Å²) < 4.78 is 0. The monoisotopic (exact) mass is 76.0 g/mol. The molecular weight excluding hydrogens is 74.1 g/mol. The highest BCUT2D eigenvalue weighted by atomic mass is 32.1. The molecule has 0 spiro atoms. The smallest absolute Gasteiger partial charge is 0.0130 e. The maximum absolute atomic E-state index is 7.31. The molecule has 0 bridgehead atoms. The molecule has 0 fully saturated rings. The molecule has 0 aliphatic rings. The first kappa shape index (κ1) is 3.57. The van der Waals surface area contributed by atoms with E-state index in [9.17, 15) is 0 Å². The van der Waals surface area contributed by atoms with Crippen molar-refractivity contribution >= 4 is 12.8 Å². The molecular formula is H2N3S+. The molecule has 0 rings (SSSR count). The Morgan fingerprint density at radius 3 is 2.25 bits per heavy atom. The summed E-state index contributed by atoms with van der Waals surface area (Å²) in [5.41, 5.74) is 0. The van der Waals surface area contributed by atoms with Crippen molar-refractivity contribution in [3.63, 3.8) is 0 Å². The summed E-state index contributed by atoms with van der Waals surface area (Å²) in [4.78, 5) is 1.81. The molecule has 3 nitrogen and oxygen atoms in total. The van der Waals surface area contributed by atoms with Crippen LogP contribution in [0.3, 0.4) is 0 Å². The van der Waals surface area contributed by atoms with Gasteiger partial charge < -0.3 is 0 Å². The van der Waals surface area contributed by atoms with E-state index in [4.69, 9.17) is 5.39 Å². The lowest BCUT2D eigenvalue weighted by Gasteiger charge is -1.38. The Hall–Kier alpha value is -0.430. The lowest BCUT2D eigenvalue weighted by atomic mass is 12.8. The van der Waals surface area contributed by atoms with E-state index in [0.717, 1.165) is 0 Å². The Balaban J connectivity index is 2.43. The Bertz CT molecular complexity index is 33.0. The van der Waals surface area contributed by atoms with Crippen LogP contribution in [0.15, 0.2) is 0 Å². The number of hydrogen-bond acceptors (Lipinski definition) is 3. The van der Waals surface area contributed by atoms with Crippen molar-refractivity contribution in [2.45, 2.75) is 0 Å². The molecule has 0 amide bonds. The molecule has 1 N–H and O–H groups in total. The summed E-state index contributed by atoms with van der Waals surface area (Å²) in [6, 6.07) is 0. The second kappa shape index (κ2) is 2.57. The van der Waals surface area contributed by atoms with Crippen LogP contribution >= 0.6 is 12.8 Å². The molecule has 0 aromatic carbocycles. The molecule has 4 heavy (non-hydrogen) atoms. The van der Waals surface area contributed by atoms with Crippen LogP contribution in [0.1, 0.15) is 0 Å². The van der Waals surface area contributed by atoms with Crippen LogP contribution in [0.25, 0.3) is 5.08 Å². The van der Waals surface area contributed by atoms with Crippen LogP contribution in [0.5, 0.6) is 0 Å². The molecule has 0 aliphatic heterocycles. The van der Waals surface area contributed by atoms with E-state index in [1.54, 1.807) is 4.83 Å². The van der Waals surface area contributed by atoms with Gasteiger partial charge in [-0.2, -0.15) is 0 Å². The molecule has 22 valence electrons. The van der Waals surface area contributed by atoms with Crippen LogP contribution in [0.2, 0.25) is 0 Å². The van der Waals surface area contributed by atoms with E-state index < -0.39 is 0 Å². The molecule has 0 aromatic heterocycles. The zero-order chi connectivity index (χ0) is 3.41. The zero-order valence-corrected chi connectivity index (χ0v) is 2.74. The highest BCUT2D eigenvalue weighted by Gasteiger charge is 1.60. The van der Waals surface area contributed by atoms with Gasteiger partial charge in [0, 0.05) is 17.6 Å². The fraction of sp³-hybridized carbons (Fsp3) is 0. The fourth-order valence-electron chi connectivity index (χ4n) is 0. The van der Waals surface area contributed by atoms with E-state index in [1.807, 2.05) is 0 Å². The molecule has 0 atom stereocenters. The van der Waals surface area contributed by atoms with Crippen LogP contribution in [0.4, 0.5) is 0 Å². The fourth-order valence-corrected chi connectivity index (χ4v) is 0. The predicted octanol–water partition coefficient (Wildman–Crippen LogP) is 0.189. The normalized spacial score (nSPS) is 4.00. The van der Waals surface area contributed by atoms with Crippen molar-refractivity contribution < 1.29 is 0 Å². The molecule has 0 aromatic rings. The van der Waals surface area contributed by atoms with Gasteiger partial charge in [0.15, 0.2) is 0 Å². The van der Waals surface area contributed by atoms with Gasteiger partial charge >= 0.3 is 5.08 Å². The summed E-state index contributed by atoms with van der Waals surface area (Å²) in [6.07, 6.45) is 0. The first-order chi connectivity index (χ1) is 1.91. The Morgan fingerprint density at radius 2 is 2.25 bits per heavy atom. The van der Waals surface area contributed by atoms with Gasteiger partial charge in [0.05, 0.1) is 0 Å². The Labute approximate surface area is 29.1 Å². The molecule has 0 saturated carbocycles. The van der Waals surface area contributed by atoms with Gasteiger partial charge in [-0.15, -0.1) is 0 Å². The second-order valence-electron chi connectivity index (χ2n) is 0.200. The van der Waals surface area contributed by atoms with Crippen LogP contribution in [0, 0.1) is 5.39 Å². The maximum atomic E-state index is 7.31. The Kier molecular flexibility index (Phi) is 2.29. The molecule has 0 radical (unpaired) electrons. The zero-order valence-electron chi connectivity index (χ0n) is 1.84. The third kappa shape index (κ3) is 1.57. The molecule has 0 saturated heterocycles. The van der Waals surface area contributed by atoms with E-state index in [0.29, 0.717) is 0 Å². The van der Waals surface area contributed by atoms with Gasteiger partial charge in [0.25, 0.3) is 5.39 Å². The highest BCUT2D eigenvalue weighted by Crippen LogP contribution is 1.49. The van der Waals surface area contributed by atoms with Gasteiger partial charge in [0.1, 0.15) is 0 Å². The largest absolute Gasteiger partial charge is 0.314 e. The summed E-state index contributed by atoms with van der Waals surface area (Å²) in [7, 11) is 0. The second-order valence-corrected chi connectivity index (χ2v) is 0.400. The number of rotatable bonds is 0. The summed E-state index contributed by atoms with van der Waals surface area (Å²) in [5, 5.41) is 9.66. The topological polar surface area (TPSA) is 40.2 Å². The van der Waals surface area contributed by atoms with Crippen LogP contribution in [-0.2, 0) is 0 Å². The number of thiol groups is 1. The van der Waals surface area contributed by atoms with Crippen LogP contribution < -0.4 is 4.83 Å². The van der Waals surface area contributed by atoms with Crippen molar-refractivity contribution in [3.8, 4) is 0 Å². The summed E-state index contributed by atoms with van der Waals surface area (Å²) >= 11 is 3.25. The third-order valence-corrected chi connectivity index (χ3v) is 0.134. The number of nitrogens with zero attached hydrogens (tertiary/aromatic N) is 2. The lowest BCUT2D eigenvalue weighted by Crippen LogP contribution is -1.69. The highest BCUT2D eigenvalue weighted by molar-refractivity contribution is 7.78. The first-order valence-electron chi connectivity index (χ1n) is 0.647. The number of diazo groups is 1. The van der Waals surface area contributed by atoms with Gasteiger partial charge in [-0.25, -0.2) is 0 Å². The number of nitrogens with one attached hydrogen (secondary N) is 1. The molecule has 0 unspecified atom stereocenters. The minimum absolute atomic E-state index is 1.81. The van der Waals surface area contributed by atoms with E-state index in [1.165, 1.54) is 0 Å². The average Bonchev–Trinajstić information content (AvgIpc) is 1.37. The van der Waals surface area contributed by atoms with Crippen molar-refractivity contribution in [2.24, 2.45) is 0 Å². The summed E-state index contributed by atoms with van der Waals surface area (Å²) in [6.45, 7) is 0. The third-order valence-electron chi connectivity index (χ3n) is 0.0447. The standard InChI is InChI=1S/H2N3S/c1-2-3-4/h3-4H/q+1. The molecule has 0 heterocycles. The maximum Gasteiger partial charge on any atom is 0.314 e. The first-order valence-corrected chi connectivity index (χ1v) is 1.09. The van der Waals surface area contributed by atoms with E-state index in [2.05, 4.69) is 17.9 Å². The van der Waals surface area contributed by atoms with Crippen molar-refractivity contribution in [3.05, 3.63) is 5.08 Å². The Morgan fingerprint density at radius 1 is 2.00 bits per heavy atom. The minimum Gasteiger partial charge on any atom is 0.0130 e. The predicted molar refractivity (Wildman–Crippen MR) is 17.2 cm³/mol.